The van der Waals surface area contributed by atoms with Crippen LogP contribution >= 0.6 is 0 Å². The molecule has 1 atom stereocenters. The van der Waals surface area contributed by atoms with Crippen LogP contribution in [0.25, 0.3) is 0 Å². The van der Waals surface area contributed by atoms with E-state index >= 15 is 0 Å². The molecular formula is C15H21NOY-2. The van der Waals surface area contributed by atoms with E-state index < -0.39 is 0 Å². The SMILES string of the molecule is C=C[CH-]/C(=C/[C@H]1CCCN1C(=O)CC=C)C[CH2-].[Y]. The molecule has 0 aliphatic carbocycles. The minimum Gasteiger partial charge on any atom is -0.347 e. The van der Waals surface area contributed by atoms with E-state index in [0.29, 0.717) is 6.42 Å². The minimum absolute atomic E-state index is 0. The first kappa shape index (κ1) is 17.7. The zero-order chi connectivity index (χ0) is 12.7. The molecule has 1 radical (unpaired) electrons. The van der Waals surface area contributed by atoms with Gasteiger partial charge in [0.1, 0.15) is 0 Å². The number of carbonyl (C=O) groups excluding carboxylic acids is 1. The zero-order valence-electron chi connectivity index (χ0n) is 11.0. The van der Waals surface area contributed by atoms with Crippen LogP contribution in [0.3, 0.4) is 0 Å². The second-order valence-corrected chi connectivity index (χ2v) is 4.18. The third-order valence-corrected chi connectivity index (χ3v) is 2.97. The van der Waals surface area contributed by atoms with Crippen LogP contribution in [0, 0.1) is 13.3 Å². The smallest absolute Gasteiger partial charge is 0.225 e. The van der Waals surface area contributed by atoms with Crippen LogP contribution < -0.4 is 0 Å². The molecule has 97 valence electrons. The Labute approximate surface area is 136 Å². The molecular weight excluding hydrogens is 299 g/mol. The van der Waals surface area contributed by atoms with Gasteiger partial charge >= 0.3 is 0 Å². The summed E-state index contributed by atoms with van der Waals surface area (Å²) in [6.45, 7) is 12.0. The molecule has 1 saturated heterocycles. The molecule has 1 aliphatic rings. The van der Waals surface area contributed by atoms with Gasteiger partial charge in [-0.2, -0.15) is 37.1 Å². The van der Waals surface area contributed by atoms with Crippen LogP contribution in [-0.4, -0.2) is 23.4 Å². The van der Waals surface area contributed by atoms with Crippen molar-refractivity contribution < 1.29 is 37.5 Å². The summed E-state index contributed by atoms with van der Waals surface area (Å²) in [5.41, 5.74) is 1.14. The number of hydrogen-bond acceptors (Lipinski definition) is 1. The van der Waals surface area contributed by atoms with Crippen molar-refractivity contribution in [2.24, 2.45) is 0 Å². The maximum Gasteiger partial charge on any atom is 0.225 e. The van der Waals surface area contributed by atoms with Crippen LogP contribution in [0.5, 0.6) is 0 Å². The largest absolute Gasteiger partial charge is 0.347 e. The van der Waals surface area contributed by atoms with Gasteiger partial charge in [-0.1, -0.05) is 6.08 Å². The Balaban J connectivity index is 0.00000289. The topological polar surface area (TPSA) is 20.3 Å². The Kier molecular flexibility index (Phi) is 9.40. The van der Waals surface area contributed by atoms with Gasteiger partial charge in [0.25, 0.3) is 0 Å². The molecule has 0 bridgehead atoms. The monoisotopic (exact) mass is 320 g/mol. The van der Waals surface area contributed by atoms with Crippen molar-refractivity contribution in [2.75, 3.05) is 6.54 Å². The number of nitrogens with zero attached hydrogens (tertiary/aromatic N) is 1. The number of carbonyl (C=O) groups is 1. The minimum atomic E-state index is 0. The Morgan fingerprint density at radius 2 is 2.22 bits per heavy atom. The van der Waals surface area contributed by atoms with Gasteiger partial charge < -0.3 is 11.8 Å². The van der Waals surface area contributed by atoms with E-state index in [0.717, 1.165) is 31.4 Å². The molecule has 1 fully saturated rings. The van der Waals surface area contributed by atoms with Gasteiger partial charge in [0.15, 0.2) is 0 Å². The summed E-state index contributed by atoms with van der Waals surface area (Å²) in [4.78, 5) is 13.8. The van der Waals surface area contributed by atoms with Gasteiger partial charge in [0, 0.05) is 51.7 Å². The number of amides is 1. The van der Waals surface area contributed by atoms with E-state index in [1.807, 2.05) is 11.3 Å². The van der Waals surface area contributed by atoms with Crippen molar-refractivity contribution in [3.63, 3.8) is 0 Å². The fourth-order valence-corrected chi connectivity index (χ4v) is 2.14. The Morgan fingerprint density at radius 1 is 1.50 bits per heavy atom. The fourth-order valence-electron chi connectivity index (χ4n) is 2.14. The predicted octanol–water partition coefficient (Wildman–Crippen LogP) is 3.09. The van der Waals surface area contributed by atoms with E-state index in [1.54, 1.807) is 12.2 Å². The van der Waals surface area contributed by atoms with Gasteiger partial charge in [-0.25, -0.2) is 0 Å². The van der Waals surface area contributed by atoms with Crippen molar-refractivity contribution in [1.29, 1.82) is 0 Å². The number of rotatable bonds is 6. The van der Waals surface area contributed by atoms with Crippen LogP contribution in [0.4, 0.5) is 0 Å². The molecule has 0 aromatic heterocycles. The molecule has 1 amide bonds. The first-order chi connectivity index (χ1) is 8.22. The van der Waals surface area contributed by atoms with Crippen molar-refractivity contribution in [3.8, 4) is 0 Å². The molecule has 1 heterocycles. The average Bonchev–Trinajstić information content (AvgIpc) is 2.77. The summed E-state index contributed by atoms with van der Waals surface area (Å²) >= 11 is 0. The van der Waals surface area contributed by atoms with Crippen molar-refractivity contribution in [2.45, 2.75) is 31.7 Å². The molecule has 1 aliphatic heterocycles. The van der Waals surface area contributed by atoms with E-state index in [4.69, 9.17) is 0 Å². The average molecular weight is 320 g/mol. The molecule has 2 nitrogen and oxygen atoms in total. The van der Waals surface area contributed by atoms with Crippen LogP contribution in [0.1, 0.15) is 25.7 Å². The fraction of sp³-hybridized carbons (Fsp3) is 0.400. The number of hydrogen-bond donors (Lipinski definition) is 0. The third kappa shape index (κ3) is 5.11. The first-order valence-corrected chi connectivity index (χ1v) is 6.09. The Morgan fingerprint density at radius 3 is 2.78 bits per heavy atom. The molecule has 3 heteroatoms. The van der Waals surface area contributed by atoms with Gasteiger partial charge in [-0.05, 0) is 12.8 Å². The molecule has 0 saturated carbocycles. The van der Waals surface area contributed by atoms with Gasteiger partial charge in [0.05, 0.1) is 0 Å². The summed E-state index contributed by atoms with van der Waals surface area (Å²) in [6.07, 6.45) is 10.8. The standard InChI is InChI=1S/C15H21NO.Y/c1-4-8-13(6-3)12-14-10-7-11-16(14)15(17)9-5-2;/h4-5,8,12,14H,1-3,6-7,9-11H2;/q-2;/b13-12+;/t14-;/m1./s1. The Bertz CT molecular complexity index is 322. The molecule has 18 heavy (non-hydrogen) atoms. The molecule has 0 spiro atoms. The normalized spacial score (nSPS) is 19.1. The summed E-state index contributed by atoms with van der Waals surface area (Å²) in [5.74, 6) is 0.167. The van der Waals surface area contributed by atoms with Crippen molar-refractivity contribution in [3.05, 3.63) is 50.3 Å². The number of likely N-dealkylation sites (tertiary alicyclic amines) is 1. The van der Waals surface area contributed by atoms with Gasteiger partial charge in [-0.3, -0.25) is 4.79 Å². The number of allylic oxidation sites excluding steroid dienone is 2. The van der Waals surface area contributed by atoms with Crippen LogP contribution in [0.15, 0.2) is 37.0 Å². The van der Waals surface area contributed by atoms with E-state index in [1.165, 1.54) is 0 Å². The predicted molar refractivity (Wildman–Crippen MR) is 72.1 cm³/mol. The maximum atomic E-state index is 11.9. The van der Waals surface area contributed by atoms with Gasteiger partial charge in [-0.15, -0.1) is 6.58 Å². The summed E-state index contributed by atoms with van der Waals surface area (Å²) in [6, 6.07) is 0.218. The molecule has 0 unspecified atom stereocenters. The van der Waals surface area contributed by atoms with Crippen LogP contribution in [-0.2, 0) is 37.5 Å². The summed E-state index contributed by atoms with van der Waals surface area (Å²) in [5, 5.41) is 0. The third-order valence-electron chi connectivity index (χ3n) is 2.97. The molecule has 0 aromatic carbocycles. The zero-order valence-corrected chi connectivity index (χ0v) is 13.8. The molecule has 0 N–H and O–H groups in total. The maximum absolute atomic E-state index is 11.9. The van der Waals surface area contributed by atoms with Gasteiger partial charge in [0.2, 0.25) is 5.91 Å². The van der Waals surface area contributed by atoms with Crippen molar-refractivity contribution in [1.82, 2.24) is 4.90 Å². The summed E-state index contributed by atoms with van der Waals surface area (Å²) in [7, 11) is 0. The summed E-state index contributed by atoms with van der Waals surface area (Å²) < 4.78 is 0. The Hall–Kier alpha value is -0.336. The van der Waals surface area contributed by atoms with Crippen LogP contribution in [0.2, 0.25) is 0 Å². The van der Waals surface area contributed by atoms with E-state index in [9.17, 15) is 4.79 Å². The van der Waals surface area contributed by atoms with Crippen molar-refractivity contribution >= 4 is 5.91 Å². The quantitative estimate of drug-likeness (QED) is 0.544. The second kappa shape index (κ2) is 9.58. The van der Waals surface area contributed by atoms with E-state index in [2.05, 4.69) is 26.2 Å². The van der Waals surface area contributed by atoms with E-state index in [-0.39, 0.29) is 44.7 Å². The first-order valence-electron chi connectivity index (χ1n) is 6.09. The molecule has 0 aromatic rings. The molecule has 1 rings (SSSR count). The second-order valence-electron chi connectivity index (χ2n) is 4.18.